The molecule has 224 valence electrons. The fourth-order valence-electron chi connectivity index (χ4n) is 6.09. The van der Waals surface area contributed by atoms with Crippen LogP contribution in [0.2, 0.25) is 0 Å². The highest BCUT2D eigenvalue weighted by molar-refractivity contribution is 7.89. The third kappa shape index (κ3) is 6.86. The van der Waals surface area contributed by atoms with E-state index in [-0.39, 0.29) is 48.6 Å². The average Bonchev–Trinajstić information content (AvgIpc) is 3.25. The van der Waals surface area contributed by atoms with Gasteiger partial charge in [0, 0.05) is 24.9 Å². The molecule has 2 saturated heterocycles. The first-order valence-corrected chi connectivity index (χ1v) is 15.7. The van der Waals surface area contributed by atoms with E-state index in [0.29, 0.717) is 18.3 Å². The monoisotopic (exact) mass is 588 g/mol. The Labute approximate surface area is 242 Å². The number of aliphatic hydroxyl groups is 1. The first kappa shape index (κ1) is 29.8. The number of carbonyl (C=O) groups is 1. The molecule has 1 aliphatic carbocycles. The summed E-state index contributed by atoms with van der Waals surface area (Å²) in [7, 11) is -2.43. The second-order valence-electron chi connectivity index (χ2n) is 11.6. The molecule has 1 saturated carbocycles. The van der Waals surface area contributed by atoms with E-state index >= 15 is 0 Å². The zero-order valence-electron chi connectivity index (χ0n) is 23.7. The van der Waals surface area contributed by atoms with E-state index in [1.165, 1.54) is 23.5 Å². The zero-order valence-corrected chi connectivity index (χ0v) is 24.5. The van der Waals surface area contributed by atoms with Crippen molar-refractivity contribution in [2.45, 2.75) is 68.6 Å². The molecule has 7 atom stereocenters. The van der Waals surface area contributed by atoms with Gasteiger partial charge in [-0.2, -0.15) is 4.31 Å². The van der Waals surface area contributed by atoms with Gasteiger partial charge in [-0.1, -0.05) is 44.2 Å². The van der Waals surface area contributed by atoms with E-state index in [1.807, 2.05) is 44.2 Å². The molecular formula is C30H40N2O8S. The molecule has 3 aliphatic rings. The van der Waals surface area contributed by atoms with Crippen molar-refractivity contribution < 1.29 is 37.3 Å². The first-order chi connectivity index (χ1) is 19.6. The van der Waals surface area contributed by atoms with Gasteiger partial charge in [-0.05, 0) is 55.0 Å². The molecule has 2 heterocycles. The lowest BCUT2D eigenvalue weighted by Gasteiger charge is -2.37. The highest BCUT2D eigenvalue weighted by Crippen LogP contribution is 2.46. The van der Waals surface area contributed by atoms with Crippen molar-refractivity contribution in [1.82, 2.24) is 9.62 Å². The number of methoxy groups -OCH3 is 1. The third-order valence-electron chi connectivity index (χ3n) is 8.11. The van der Waals surface area contributed by atoms with Gasteiger partial charge in [-0.3, -0.25) is 0 Å². The number of alkyl carbamates (subject to hydrolysis) is 1. The smallest absolute Gasteiger partial charge is 0.407 e. The quantitative estimate of drug-likeness (QED) is 0.388. The van der Waals surface area contributed by atoms with Crippen LogP contribution in [0.15, 0.2) is 59.5 Å². The van der Waals surface area contributed by atoms with Crippen LogP contribution in [-0.4, -0.2) is 81.4 Å². The van der Waals surface area contributed by atoms with Crippen LogP contribution in [0.1, 0.15) is 32.3 Å². The van der Waals surface area contributed by atoms with Crippen molar-refractivity contribution in [2.75, 3.05) is 26.8 Å². The fraction of sp³-hybridized carbons (Fsp3) is 0.567. The summed E-state index contributed by atoms with van der Waals surface area (Å²) in [5, 5.41) is 14.3. The van der Waals surface area contributed by atoms with Gasteiger partial charge in [-0.25, -0.2) is 13.2 Å². The normalized spacial score (nSPS) is 26.6. The number of rotatable bonds is 12. The molecule has 11 heteroatoms. The lowest BCUT2D eigenvalue weighted by Crippen LogP contribution is -2.53. The van der Waals surface area contributed by atoms with Crippen LogP contribution >= 0.6 is 0 Å². The maximum Gasteiger partial charge on any atom is 0.407 e. The molecule has 5 rings (SSSR count). The number of aliphatic hydroxyl groups excluding tert-OH is 1. The highest BCUT2D eigenvalue weighted by Gasteiger charge is 2.53. The molecule has 0 radical (unpaired) electrons. The van der Waals surface area contributed by atoms with Gasteiger partial charge in [0.05, 0.1) is 36.9 Å². The van der Waals surface area contributed by atoms with Gasteiger partial charge < -0.3 is 29.4 Å². The number of amides is 1. The minimum Gasteiger partial charge on any atom is -0.497 e. The Morgan fingerprint density at radius 1 is 1.07 bits per heavy atom. The largest absolute Gasteiger partial charge is 0.497 e. The topological polar surface area (TPSA) is 124 Å². The molecule has 10 nitrogen and oxygen atoms in total. The minimum atomic E-state index is -3.94. The summed E-state index contributed by atoms with van der Waals surface area (Å²) in [5.74, 6) is 0.951. The number of carbonyl (C=O) groups excluding carboxylic acids is 1. The first-order valence-electron chi connectivity index (χ1n) is 14.2. The van der Waals surface area contributed by atoms with Crippen LogP contribution in [0.5, 0.6) is 5.75 Å². The SMILES string of the molecule is COc1ccc(S(=O)(=O)N(CC(C)C)C[C@@H](O)[C@H](Cc2ccccc2)NC(=O)O[C@H]2C3COC4OC2CC4C3)cc1. The van der Waals surface area contributed by atoms with E-state index in [4.69, 9.17) is 18.9 Å². The van der Waals surface area contributed by atoms with Gasteiger partial charge >= 0.3 is 6.09 Å². The van der Waals surface area contributed by atoms with Gasteiger partial charge in [0.2, 0.25) is 10.0 Å². The Morgan fingerprint density at radius 2 is 1.80 bits per heavy atom. The molecule has 4 unspecified atom stereocenters. The molecule has 1 amide bonds. The van der Waals surface area contributed by atoms with Crippen LogP contribution in [0, 0.1) is 17.8 Å². The van der Waals surface area contributed by atoms with Gasteiger partial charge in [0.15, 0.2) is 6.29 Å². The molecular weight excluding hydrogens is 548 g/mol. The third-order valence-corrected chi connectivity index (χ3v) is 9.95. The minimum absolute atomic E-state index is 0.000262. The van der Waals surface area contributed by atoms with Crippen molar-refractivity contribution in [3.05, 3.63) is 60.2 Å². The van der Waals surface area contributed by atoms with Crippen molar-refractivity contribution >= 4 is 16.1 Å². The average molecular weight is 589 g/mol. The molecule has 41 heavy (non-hydrogen) atoms. The predicted molar refractivity (Wildman–Crippen MR) is 151 cm³/mol. The van der Waals surface area contributed by atoms with Crippen molar-refractivity contribution in [2.24, 2.45) is 17.8 Å². The van der Waals surface area contributed by atoms with E-state index in [1.54, 1.807) is 12.1 Å². The lowest BCUT2D eigenvalue weighted by atomic mass is 9.78. The summed E-state index contributed by atoms with van der Waals surface area (Å²) in [6.07, 6.45) is -0.762. The van der Waals surface area contributed by atoms with Gasteiger partial charge in [-0.15, -0.1) is 0 Å². The number of hydrogen-bond acceptors (Lipinski definition) is 8. The second kappa shape index (κ2) is 12.7. The Hall–Kier alpha value is -2.70. The summed E-state index contributed by atoms with van der Waals surface area (Å²) in [6.45, 7) is 4.30. The molecule has 0 spiro atoms. The molecule has 3 bridgehead atoms. The zero-order chi connectivity index (χ0) is 29.1. The van der Waals surface area contributed by atoms with Crippen LogP contribution in [0.3, 0.4) is 0 Å². The van der Waals surface area contributed by atoms with Crippen LogP contribution in [0.25, 0.3) is 0 Å². The summed E-state index contributed by atoms with van der Waals surface area (Å²) >= 11 is 0. The number of benzene rings is 2. The number of nitrogens with zero attached hydrogens (tertiary/aromatic N) is 1. The van der Waals surface area contributed by atoms with Crippen LogP contribution in [-0.2, 0) is 30.7 Å². The second-order valence-corrected chi connectivity index (χ2v) is 13.6. The Kier molecular flexibility index (Phi) is 9.20. The summed E-state index contributed by atoms with van der Waals surface area (Å²) < 4.78 is 51.4. The number of ether oxygens (including phenoxy) is 4. The van der Waals surface area contributed by atoms with Crippen LogP contribution in [0.4, 0.5) is 4.79 Å². The summed E-state index contributed by atoms with van der Waals surface area (Å²) in [4.78, 5) is 13.3. The van der Waals surface area contributed by atoms with E-state index < -0.39 is 34.4 Å². The molecule has 2 aromatic rings. The Morgan fingerprint density at radius 3 is 2.49 bits per heavy atom. The molecule has 2 aromatic carbocycles. The lowest BCUT2D eigenvalue weighted by molar-refractivity contribution is -0.153. The number of fused-ring (bicyclic) bond motifs is 2. The predicted octanol–water partition coefficient (Wildman–Crippen LogP) is 3.19. The van der Waals surface area contributed by atoms with E-state index in [0.717, 1.165) is 18.4 Å². The van der Waals surface area contributed by atoms with E-state index in [2.05, 4.69) is 5.32 Å². The summed E-state index contributed by atoms with van der Waals surface area (Å²) in [5.41, 5.74) is 0.886. The standard InChI is InChI=1S/C30H40N2O8S/c1-19(2)16-32(41(35,36)24-11-9-23(37-3)10-12-24)17-26(33)25(13-20-7-5-4-6-8-20)31-30(34)40-28-22-14-21-15-27(28)39-29(21)38-18-22/h4-12,19,21-22,25-29,33H,13-18H2,1-3H3,(H,31,34)/t21?,22?,25-,26+,27?,28-,29?/m0/s1. The number of hydrogen-bond donors (Lipinski definition) is 2. The van der Waals surface area contributed by atoms with Crippen molar-refractivity contribution in [3.8, 4) is 5.75 Å². The molecule has 3 fully saturated rings. The van der Waals surface area contributed by atoms with E-state index in [9.17, 15) is 18.3 Å². The molecule has 2 N–H and O–H groups in total. The Balaban J connectivity index is 1.32. The Bertz CT molecular complexity index is 1270. The summed E-state index contributed by atoms with van der Waals surface area (Å²) in [6, 6.07) is 14.8. The van der Waals surface area contributed by atoms with Crippen LogP contribution < -0.4 is 10.1 Å². The maximum atomic E-state index is 13.7. The van der Waals surface area contributed by atoms with Crippen molar-refractivity contribution in [1.29, 1.82) is 0 Å². The number of nitrogens with one attached hydrogen (secondary N) is 1. The highest BCUT2D eigenvalue weighted by atomic mass is 32.2. The van der Waals surface area contributed by atoms with Gasteiger partial charge in [0.1, 0.15) is 11.9 Å². The fourth-order valence-corrected chi connectivity index (χ4v) is 7.72. The van der Waals surface area contributed by atoms with Crippen molar-refractivity contribution in [3.63, 3.8) is 0 Å². The van der Waals surface area contributed by atoms with Gasteiger partial charge in [0.25, 0.3) is 0 Å². The maximum absolute atomic E-state index is 13.7. The molecule has 2 aliphatic heterocycles. The number of sulfonamides is 1. The molecule has 0 aromatic heterocycles.